The number of hydrogen-bond donors (Lipinski definition) is 2. The van der Waals surface area contributed by atoms with Crippen molar-refractivity contribution in [1.29, 1.82) is 0 Å². The van der Waals surface area contributed by atoms with Crippen molar-refractivity contribution in [2.45, 2.75) is 6.92 Å². The Balaban J connectivity index is 2.82. The second-order valence-electron chi connectivity index (χ2n) is 3.36. The second-order valence-corrected chi connectivity index (χ2v) is 3.36. The average molecular weight is 205 g/mol. The van der Waals surface area contributed by atoms with Crippen molar-refractivity contribution >= 4 is 16.9 Å². The van der Waals surface area contributed by atoms with Gasteiger partial charge in [-0.3, -0.25) is 0 Å². The van der Waals surface area contributed by atoms with Gasteiger partial charge >= 0.3 is 5.97 Å². The molecular weight excluding hydrogens is 194 g/mol. The fourth-order valence-electron chi connectivity index (χ4n) is 1.68. The van der Waals surface area contributed by atoms with Gasteiger partial charge in [-0.25, -0.2) is 4.79 Å². The monoisotopic (exact) mass is 205 g/mol. The van der Waals surface area contributed by atoms with Gasteiger partial charge in [-0.2, -0.15) is 0 Å². The third-order valence-corrected chi connectivity index (χ3v) is 2.34. The van der Waals surface area contributed by atoms with Crippen LogP contribution in [0.5, 0.6) is 5.75 Å². The number of carbonyl (C=O) groups is 1. The summed E-state index contributed by atoms with van der Waals surface area (Å²) in [6, 6.07) is 5.01. The standard InChI is InChI=1S/C11H11NO3/c1-6-5-8-7(11(13)14)3-4-9(15-2)10(8)12-6/h3-5,12H,1-2H3,(H,13,14). The molecule has 15 heavy (non-hydrogen) atoms. The first-order valence-electron chi connectivity index (χ1n) is 4.53. The molecule has 1 heterocycles. The average Bonchev–Trinajstić information content (AvgIpc) is 2.56. The number of methoxy groups -OCH3 is 1. The van der Waals surface area contributed by atoms with E-state index in [1.165, 1.54) is 0 Å². The Morgan fingerprint density at radius 2 is 2.20 bits per heavy atom. The molecule has 2 rings (SSSR count). The molecule has 0 aliphatic heterocycles. The number of aromatic amines is 1. The van der Waals surface area contributed by atoms with Crippen molar-refractivity contribution in [2.24, 2.45) is 0 Å². The Kier molecular flexibility index (Phi) is 2.11. The predicted molar refractivity (Wildman–Crippen MR) is 56.5 cm³/mol. The molecule has 0 atom stereocenters. The molecule has 4 nitrogen and oxygen atoms in total. The van der Waals surface area contributed by atoms with Crippen LogP contribution in [0.25, 0.3) is 10.9 Å². The Bertz CT molecular complexity index is 528. The number of carboxylic acids is 1. The van der Waals surface area contributed by atoms with Gasteiger partial charge in [0.25, 0.3) is 0 Å². The van der Waals surface area contributed by atoms with Crippen LogP contribution < -0.4 is 4.74 Å². The van der Waals surface area contributed by atoms with Crippen molar-refractivity contribution in [2.75, 3.05) is 7.11 Å². The van der Waals surface area contributed by atoms with E-state index < -0.39 is 5.97 Å². The topological polar surface area (TPSA) is 62.3 Å². The maximum Gasteiger partial charge on any atom is 0.336 e. The van der Waals surface area contributed by atoms with Gasteiger partial charge in [0.2, 0.25) is 0 Å². The summed E-state index contributed by atoms with van der Waals surface area (Å²) in [5.41, 5.74) is 1.93. The van der Waals surface area contributed by atoms with E-state index in [1.807, 2.05) is 6.92 Å². The van der Waals surface area contributed by atoms with Crippen LogP contribution in [0.4, 0.5) is 0 Å². The normalized spacial score (nSPS) is 10.5. The molecule has 0 saturated heterocycles. The SMILES string of the molecule is COc1ccc(C(=O)O)c2cc(C)[nH]c12. The highest BCUT2D eigenvalue weighted by atomic mass is 16.5. The Hall–Kier alpha value is -1.97. The molecule has 0 unspecified atom stereocenters. The van der Waals surface area contributed by atoms with Crippen LogP contribution >= 0.6 is 0 Å². The van der Waals surface area contributed by atoms with Crippen molar-refractivity contribution in [3.63, 3.8) is 0 Å². The number of nitrogens with one attached hydrogen (secondary N) is 1. The van der Waals surface area contributed by atoms with Gasteiger partial charge in [-0.05, 0) is 25.1 Å². The Labute approximate surface area is 86.5 Å². The number of fused-ring (bicyclic) bond motifs is 1. The molecule has 0 fully saturated rings. The molecular formula is C11H11NO3. The van der Waals surface area contributed by atoms with Crippen LogP contribution in [0, 0.1) is 6.92 Å². The number of aromatic carboxylic acids is 1. The minimum Gasteiger partial charge on any atom is -0.495 e. The molecule has 0 aliphatic carbocycles. The van der Waals surface area contributed by atoms with Crippen molar-refractivity contribution < 1.29 is 14.6 Å². The number of benzene rings is 1. The van der Waals surface area contributed by atoms with E-state index in [0.717, 1.165) is 11.2 Å². The van der Waals surface area contributed by atoms with Crippen molar-refractivity contribution in [1.82, 2.24) is 4.98 Å². The number of aromatic nitrogens is 1. The summed E-state index contributed by atoms with van der Waals surface area (Å²) in [6.45, 7) is 1.88. The zero-order chi connectivity index (χ0) is 11.0. The van der Waals surface area contributed by atoms with E-state index >= 15 is 0 Å². The van der Waals surface area contributed by atoms with Gasteiger partial charge < -0.3 is 14.8 Å². The second kappa shape index (κ2) is 3.31. The van der Waals surface area contributed by atoms with E-state index in [1.54, 1.807) is 25.3 Å². The number of ether oxygens (including phenoxy) is 1. The smallest absolute Gasteiger partial charge is 0.336 e. The molecule has 2 N–H and O–H groups in total. The van der Waals surface area contributed by atoms with Gasteiger partial charge in [0, 0.05) is 11.1 Å². The molecule has 0 amide bonds. The van der Waals surface area contributed by atoms with Gasteiger partial charge in [0.1, 0.15) is 5.75 Å². The van der Waals surface area contributed by atoms with Gasteiger partial charge in [0.15, 0.2) is 0 Å². The summed E-state index contributed by atoms with van der Waals surface area (Å²) >= 11 is 0. The summed E-state index contributed by atoms with van der Waals surface area (Å²) in [5.74, 6) is -0.273. The first-order valence-corrected chi connectivity index (χ1v) is 4.53. The number of carboxylic acid groups (broad SMARTS) is 1. The molecule has 0 spiro atoms. The van der Waals surface area contributed by atoms with Crippen LogP contribution in [-0.2, 0) is 0 Å². The number of hydrogen-bond acceptors (Lipinski definition) is 2. The third-order valence-electron chi connectivity index (χ3n) is 2.34. The van der Waals surface area contributed by atoms with E-state index in [-0.39, 0.29) is 5.56 Å². The number of H-pyrrole nitrogens is 1. The fourth-order valence-corrected chi connectivity index (χ4v) is 1.68. The maximum atomic E-state index is 11.0. The van der Waals surface area contributed by atoms with Gasteiger partial charge in [-0.15, -0.1) is 0 Å². The predicted octanol–water partition coefficient (Wildman–Crippen LogP) is 2.18. The molecule has 0 aliphatic rings. The first-order chi connectivity index (χ1) is 7.13. The highest BCUT2D eigenvalue weighted by molar-refractivity contribution is 6.04. The lowest BCUT2D eigenvalue weighted by Crippen LogP contribution is -1.97. The van der Waals surface area contributed by atoms with E-state index in [0.29, 0.717) is 11.1 Å². The van der Waals surface area contributed by atoms with Crippen LogP contribution in [-0.4, -0.2) is 23.2 Å². The highest BCUT2D eigenvalue weighted by Crippen LogP contribution is 2.28. The highest BCUT2D eigenvalue weighted by Gasteiger charge is 2.13. The number of rotatable bonds is 2. The minimum atomic E-state index is -0.929. The zero-order valence-corrected chi connectivity index (χ0v) is 8.50. The van der Waals surface area contributed by atoms with Crippen LogP contribution in [0.15, 0.2) is 18.2 Å². The Morgan fingerprint density at radius 1 is 1.47 bits per heavy atom. The molecule has 0 saturated carbocycles. The van der Waals surface area contributed by atoms with Crippen LogP contribution in [0.3, 0.4) is 0 Å². The molecule has 2 aromatic rings. The molecule has 1 aromatic carbocycles. The zero-order valence-electron chi connectivity index (χ0n) is 8.50. The summed E-state index contributed by atoms with van der Waals surface area (Å²) in [4.78, 5) is 14.1. The van der Waals surface area contributed by atoms with E-state index in [9.17, 15) is 4.79 Å². The van der Waals surface area contributed by atoms with E-state index in [2.05, 4.69) is 4.98 Å². The molecule has 78 valence electrons. The lowest BCUT2D eigenvalue weighted by atomic mass is 10.1. The molecule has 4 heteroatoms. The Morgan fingerprint density at radius 3 is 2.80 bits per heavy atom. The van der Waals surface area contributed by atoms with E-state index in [4.69, 9.17) is 9.84 Å². The fraction of sp³-hybridized carbons (Fsp3) is 0.182. The lowest BCUT2D eigenvalue weighted by molar-refractivity contribution is 0.0699. The van der Waals surface area contributed by atoms with Crippen LogP contribution in [0.1, 0.15) is 16.1 Å². The lowest BCUT2D eigenvalue weighted by Gasteiger charge is -2.03. The quantitative estimate of drug-likeness (QED) is 0.789. The van der Waals surface area contributed by atoms with Crippen molar-refractivity contribution in [3.05, 3.63) is 29.5 Å². The summed E-state index contributed by atoms with van der Waals surface area (Å²) in [6.07, 6.45) is 0. The molecule has 0 bridgehead atoms. The molecule has 0 radical (unpaired) electrons. The molecule has 1 aromatic heterocycles. The largest absolute Gasteiger partial charge is 0.495 e. The first kappa shape index (κ1) is 9.58. The summed E-state index contributed by atoms with van der Waals surface area (Å²) in [7, 11) is 1.56. The number of aryl methyl sites for hydroxylation is 1. The van der Waals surface area contributed by atoms with Crippen LogP contribution in [0.2, 0.25) is 0 Å². The van der Waals surface area contributed by atoms with Gasteiger partial charge in [-0.1, -0.05) is 0 Å². The van der Waals surface area contributed by atoms with Gasteiger partial charge in [0.05, 0.1) is 18.2 Å². The summed E-state index contributed by atoms with van der Waals surface area (Å²) < 4.78 is 5.15. The van der Waals surface area contributed by atoms with Crippen molar-refractivity contribution in [3.8, 4) is 5.75 Å². The third kappa shape index (κ3) is 1.44. The minimum absolute atomic E-state index is 0.287. The summed E-state index contributed by atoms with van der Waals surface area (Å²) in [5, 5.41) is 9.68. The maximum absolute atomic E-state index is 11.0.